The van der Waals surface area contributed by atoms with Gasteiger partial charge in [0.05, 0.1) is 5.75 Å². The molecule has 0 aliphatic carbocycles. The van der Waals surface area contributed by atoms with Gasteiger partial charge in [-0.3, -0.25) is 0 Å². The Morgan fingerprint density at radius 3 is 2.50 bits per heavy atom. The summed E-state index contributed by atoms with van der Waals surface area (Å²) in [6.45, 7) is 5.90. The van der Waals surface area contributed by atoms with Gasteiger partial charge >= 0.3 is 0 Å². The van der Waals surface area contributed by atoms with Crippen LogP contribution in [0.1, 0.15) is 38.8 Å². The van der Waals surface area contributed by atoms with Gasteiger partial charge in [0.25, 0.3) is 0 Å². The second-order valence-electron chi connectivity index (χ2n) is 4.90. The van der Waals surface area contributed by atoms with Crippen LogP contribution < -0.4 is 4.72 Å². The highest BCUT2D eigenvalue weighted by Crippen LogP contribution is 2.18. The van der Waals surface area contributed by atoms with E-state index < -0.39 is 10.0 Å². The molecule has 1 aromatic carbocycles. The number of sulfonamides is 1. The zero-order valence-electron chi connectivity index (χ0n) is 11.0. The molecule has 0 saturated carbocycles. The Kier molecular flexibility index (Phi) is 5.82. The van der Waals surface area contributed by atoms with E-state index in [1.54, 1.807) is 0 Å². The Morgan fingerprint density at radius 1 is 1.28 bits per heavy atom. The first-order valence-corrected chi connectivity index (χ1v) is 8.50. The lowest BCUT2D eigenvalue weighted by atomic mass is 10.1. The van der Waals surface area contributed by atoms with Gasteiger partial charge in [-0.1, -0.05) is 41.9 Å². The predicted molar refractivity (Wildman–Crippen MR) is 78.9 cm³/mol. The van der Waals surface area contributed by atoms with Crippen molar-refractivity contribution in [1.29, 1.82) is 0 Å². The molecule has 0 spiro atoms. The number of hydrogen-bond donors (Lipinski definition) is 1. The van der Waals surface area contributed by atoms with Crippen LogP contribution in [0.3, 0.4) is 0 Å². The van der Waals surface area contributed by atoms with Gasteiger partial charge in [0.15, 0.2) is 0 Å². The molecule has 18 heavy (non-hydrogen) atoms. The third-order valence-corrected chi connectivity index (χ3v) is 4.65. The van der Waals surface area contributed by atoms with Gasteiger partial charge in [-0.15, -0.1) is 0 Å². The van der Waals surface area contributed by atoms with Crippen molar-refractivity contribution in [2.45, 2.75) is 33.2 Å². The van der Waals surface area contributed by atoms with Crippen LogP contribution in [-0.2, 0) is 10.0 Å². The normalized spacial score (nSPS) is 13.8. The first-order chi connectivity index (χ1) is 8.30. The highest BCUT2D eigenvalue weighted by molar-refractivity contribution is 9.10. The molecule has 1 aromatic rings. The van der Waals surface area contributed by atoms with E-state index in [1.165, 1.54) is 0 Å². The molecule has 0 bridgehead atoms. The first kappa shape index (κ1) is 15.7. The SMILES string of the molecule is CC(C)CCS(=O)(=O)NC(C)c1cccc(Br)c1. The summed E-state index contributed by atoms with van der Waals surface area (Å²) in [5.41, 5.74) is 0.956. The molecule has 102 valence electrons. The molecule has 0 amide bonds. The van der Waals surface area contributed by atoms with Crippen LogP contribution in [0.2, 0.25) is 0 Å². The fraction of sp³-hybridized carbons (Fsp3) is 0.538. The van der Waals surface area contributed by atoms with Crippen molar-refractivity contribution in [3.05, 3.63) is 34.3 Å². The van der Waals surface area contributed by atoms with Crippen molar-refractivity contribution in [2.24, 2.45) is 5.92 Å². The Bertz CT molecular complexity index is 486. The number of rotatable bonds is 6. The second-order valence-corrected chi connectivity index (χ2v) is 7.69. The van der Waals surface area contributed by atoms with Crippen LogP contribution in [0.25, 0.3) is 0 Å². The fourth-order valence-electron chi connectivity index (χ4n) is 1.56. The molecule has 0 heterocycles. The molecule has 1 rings (SSSR count). The van der Waals surface area contributed by atoms with E-state index in [1.807, 2.05) is 45.0 Å². The number of hydrogen-bond acceptors (Lipinski definition) is 2. The van der Waals surface area contributed by atoms with Crippen LogP contribution in [0.5, 0.6) is 0 Å². The third kappa shape index (κ3) is 5.50. The molecular weight excluding hydrogens is 314 g/mol. The van der Waals surface area contributed by atoms with Crippen LogP contribution in [0.4, 0.5) is 0 Å². The molecule has 1 atom stereocenters. The Hall–Kier alpha value is -0.390. The van der Waals surface area contributed by atoms with Crippen molar-refractivity contribution in [3.63, 3.8) is 0 Å². The molecule has 0 fully saturated rings. The summed E-state index contributed by atoms with van der Waals surface area (Å²) in [7, 11) is -3.20. The van der Waals surface area contributed by atoms with Crippen molar-refractivity contribution in [2.75, 3.05) is 5.75 Å². The maximum Gasteiger partial charge on any atom is 0.212 e. The molecular formula is C13H20BrNO2S. The minimum Gasteiger partial charge on any atom is -0.212 e. The molecule has 0 aliphatic rings. The number of nitrogens with one attached hydrogen (secondary N) is 1. The van der Waals surface area contributed by atoms with Crippen LogP contribution in [0, 0.1) is 5.92 Å². The van der Waals surface area contributed by atoms with E-state index >= 15 is 0 Å². The molecule has 0 saturated heterocycles. The quantitative estimate of drug-likeness (QED) is 0.866. The van der Waals surface area contributed by atoms with Gasteiger partial charge in [-0.2, -0.15) is 0 Å². The van der Waals surface area contributed by atoms with Crippen molar-refractivity contribution in [1.82, 2.24) is 4.72 Å². The molecule has 1 N–H and O–H groups in total. The Labute approximate surface area is 118 Å². The monoisotopic (exact) mass is 333 g/mol. The van der Waals surface area contributed by atoms with E-state index in [9.17, 15) is 8.42 Å². The first-order valence-electron chi connectivity index (χ1n) is 6.05. The molecule has 0 radical (unpaired) electrons. The summed E-state index contributed by atoms with van der Waals surface area (Å²) in [5, 5.41) is 0. The summed E-state index contributed by atoms with van der Waals surface area (Å²) in [6, 6.07) is 7.46. The minimum atomic E-state index is -3.20. The largest absolute Gasteiger partial charge is 0.212 e. The van der Waals surface area contributed by atoms with Gasteiger partial charge in [0.1, 0.15) is 0 Å². The van der Waals surface area contributed by atoms with E-state index in [0.717, 1.165) is 10.0 Å². The smallest absolute Gasteiger partial charge is 0.212 e. The topological polar surface area (TPSA) is 46.2 Å². The highest BCUT2D eigenvalue weighted by Gasteiger charge is 2.16. The van der Waals surface area contributed by atoms with Gasteiger partial charge in [0.2, 0.25) is 10.0 Å². The molecule has 5 heteroatoms. The molecule has 3 nitrogen and oxygen atoms in total. The standard InChI is InChI=1S/C13H20BrNO2S/c1-10(2)7-8-18(16,17)15-11(3)12-5-4-6-13(14)9-12/h4-6,9-11,15H,7-8H2,1-3H3. The van der Waals surface area contributed by atoms with Crippen molar-refractivity contribution < 1.29 is 8.42 Å². The van der Waals surface area contributed by atoms with E-state index in [0.29, 0.717) is 12.3 Å². The van der Waals surface area contributed by atoms with Crippen molar-refractivity contribution in [3.8, 4) is 0 Å². The Balaban J connectivity index is 2.66. The average Bonchev–Trinajstić information content (AvgIpc) is 2.26. The van der Waals surface area contributed by atoms with Crippen molar-refractivity contribution >= 4 is 26.0 Å². The molecule has 1 unspecified atom stereocenters. The summed E-state index contributed by atoms with van der Waals surface area (Å²) in [5.74, 6) is 0.575. The highest BCUT2D eigenvalue weighted by atomic mass is 79.9. The van der Waals surface area contributed by atoms with Gasteiger partial charge in [-0.25, -0.2) is 13.1 Å². The van der Waals surface area contributed by atoms with E-state index in [2.05, 4.69) is 20.7 Å². The second kappa shape index (κ2) is 6.68. The fourth-order valence-corrected chi connectivity index (χ4v) is 3.55. The van der Waals surface area contributed by atoms with Gasteiger partial charge in [-0.05, 0) is 37.0 Å². The molecule has 0 aliphatic heterocycles. The van der Waals surface area contributed by atoms with Crippen LogP contribution in [0.15, 0.2) is 28.7 Å². The average molecular weight is 334 g/mol. The zero-order chi connectivity index (χ0) is 13.8. The Morgan fingerprint density at radius 2 is 1.94 bits per heavy atom. The summed E-state index contributed by atoms with van der Waals surface area (Å²) in [6.07, 6.45) is 0.681. The third-order valence-electron chi connectivity index (χ3n) is 2.67. The van der Waals surface area contributed by atoms with Crippen LogP contribution in [-0.4, -0.2) is 14.2 Å². The van der Waals surface area contributed by atoms with E-state index in [4.69, 9.17) is 0 Å². The lowest BCUT2D eigenvalue weighted by Gasteiger charge is -2.15. The lowest BCUT2D eigenvalue weighted by molar-refractivity contribution is 0.550. The maximum atomic E-state index is 11.9. The molecule has 0 aromatic heterocycles. The summed E-state index contributed by atoms with van der Waals surface area (Å²) < 4.78 is 27.4. The van der Waals surface area contributed by atoms with Gasteiger partial charge < -0.3 is 0 Å². The lowest BCUT2D eigenvalue weighted by Crippen LogP contribution is -2.29. The predicted octanol–water partition coefficient (Wildman–Crippen LogP) is 3.48. The van der Waals surface area contributed by atoms with E-state index in [-0.39, 0.29) is 11.8 Å². The maximum absolute atomic E-state index is 11.9. The number of benzene rings is 1. The zero-order valence-corrected chi connectivity index (χ0v) is 13.4. The van der Waals surface area contributed by atoms with Gasteiger partial charge in [0, 0.05) is 10.5 Å². The van der Waals surface area contributed by atoms with Crippen LogP contribution >= 0.6 is 15.9 Å². The summed E-state index contributed by atoms with van der Waals surface area (Å²) >= 11 is 3.38. The minimum absolute atomic E-state index is 0.184. The summed E-state index contributed by atoms with van der Waals surface area (Å²) in [4.78, 5) is 0. The number of halogens is 1.